The first-order valence-corrected chi connectivity index (χ1v) is 8.59. The fourth-order valence-corrected chi connectivity index (χ4v) is 4.01. The summed E-state index contributed by atoms with van der Waals surface area (Å²) in [6.45, 7) is 5.35. The van der Waals surface area contributed by atoms with Gasteiger partial charge in [-0.1, -0.05) is 0 Å². The summed E-state index contributed by atoms with van der Waals surface area (Å²) in [7, 11) is 0. The van der Waals surface area contributed by atoms with Crippen LogP contribution >= 0.6 is 11.3 Å². The average Bonchev–Trinajstić information content (AvgIpc) is 3.16. The van der Waals surface area contributed by atoms with Crippen molar-refractivity contribution in [2.75, 3.05) is 13.1 Å². The maximum atomic E-state index is 4.75. The molecule has 0 aromatic carbocycles. The highest BCUT2D eigenvalue weighted by Crippen LogP contribution is 2.28. The first kappa shape index (κ1) is 13.8. The predicted molar refractivity (Wildman–Crippen MR) is 88.0 cm³/mol. The summed E-state index contributed by atoms with van der Waals surface area (Å²) in [5, 5.41) is 8.11. The van der Waals surface area contributed by atoms with Crippen LogP contribution in [-0.2, 0) is 6.54 Å². The van der Waals surface area contributed by atoms with E-state index in [1.54, 1.807) is 11.3 Å². The summed E-state index contributed by atoms with van der Waals surface area (Å²) in [5.74, 6) is 0.509. The molecule has 114 valence electrons. The lowest BCUT2D eigenvalue weighted by molar-refractivity contribution is 0.200. The summed E-state index contributed by atoms with van der Waals surface area (Å²) in [5.41, 5.74) is 5.19. The fraction of sp³-hybridized carbons (Fsp3) is 0.438. The number of H-pyrrole nitrogens is 1. The topological polar surface area (TPSA) is 57.7 Å². The lowest BCUT2D eigenvalue weighted by Crippen LogP contribution is -2.34. The highest BCUT2D eigenvalue weighted by Gasteiger charge is 2.23. The number of likely N-dealkylation sites (tertiary alicyclic amines) is 1. The second kappa shape index (κ2) is 5.78. The number of fused-ring (bicyclic) bond motifs is 1. The molecule has 0 amide bonds. The smallest absolute Gasteiger partial charge is 0.155 e. The van der Waals surface area contributed by atoms with Gasteiger partial charge in [-0.25, -0.2) is 9.97 Å². The molecule has 1 unspecified atom stereocenters. The Morgan fingerprint density at radius 3 is 3.23 bits per heavy atom. The Kier molecular flexibility index (Phi) is 3.63. The Balaban J connectivity index is 1.51. The van der Waals surface area contributed by atoms with Gasteiger partial charge in [0.1, 0.15) is 0 Å². The molecule has 0 bridgehead atoms. The van der Waals surface area contributed by atoms with Crippen molar-refractivity contribution in [3.05, 3.63) is 40.1 Å². The van der Waals surface area contributed by atoms with Crippen LogP contribution in [0.2, 0.25) is 0 Å². The minimum atomic E-state index is 0.509. The standard InChI is InChI=1S/C16H19N5S/c1-11-15(22-10-17-11)9-21-6-2-3-13(8-21)14-5-4-12-7-18-20-16(12)19-14/h4-5,7,10,13H,2-3,6,8-9H2,1H3,(H,18,19,20). The second-order valence-electron chi connectivity index (χ2n) is 5.98. The minimum absolute atomic E-state index is 0.509. The number of pyridine rings is 1. The van der Waals surface area contributed by atoms with Gasteiger partial charge in [0.15, 0.2) is 5.65 Å². The Bertz CT molecular complexity index is 778. The highest BCUT2D eigenvalue weighted by atomic mass is 32.1. The largest absolute Gasteiger partial charge is 0.298 e. The normalized spacial score (nSPS) is 19.8. The van der Waals surface area contributed by atoms with Crippen molar-refractivity contribution in [1.29, 1.82) is 0 Å². The van der Waals surface area contributed by atoms with Crippen LogP contribution in [0.15, 0.2) is 23.8 Å². The maximum absolute atomic E-state index is 4.75. The fourth-order valence-electron chi connectivity index (χ4n) is 3.19. The van der Waals surface area contributed by atoms with E-state index in [0.717, 1.165) is 24.1 Å². The molecule has 1 aliphatic rings. The number of rotatable bonds is 3. The molecule has 1 N–H and O–H groups in total. The molecule has 22 heavy (non-hydrogen) atoms. The first-order valence-electron chi connectivity index (χ1n) is 7.71. The van der Waals surface area contributed by atoms with Gasteiger partial charge in [-0.2, -0.15) is 5.10 Å². The summed E-state index contributed by atoms with van der Waals surface area (Å²) in [4.78, 5) is 13.0. The maximum Gasteiger partial charge on any atom is 0.155 e. The summed E-state index contributed by atoms with van der Waals surface area (Å²) in [6.07, 6.45) is 4.27. The van der Waals surface area contributed by atoms with Crippen molar-refractivity contribution in [2.45, 2.75) is 32.2 Å². The molecule has 0 aliphatic carbocycles. The molecule has 1 fully saturated rings. The van der Waals surface area contributed by atoms with Crippen LogP contribution in [0.25, 0.3) is 11.0 Å². The van der Waals surface area contributed by atoms with E-state index >= 15 is 0 Å². The lowest BCUT2D eigenvalue weighted by atomic mass is 9.94. The van der Waals surface area contributed by atoms with Gasteiger partial charge in [0.25, 0.3) is 0 Å². The SMILES string of the molecule is Cc1ncsc1CN1CCCC(c2ccc3cn[nH]c3n2)C1. The van der Waals surface area contributed by atoms with Gasteiger partial charge >= 0.3 is 0 Å². The minimum Gasteiger partial charge on any atom is -0.298 e. The van der Waals surface area contributed by atoms with Gasteiger partial charge in [-0.05, 0) is 38.4 Å². The Labute approximate surface area is 133 Å². The highest BCUT2D eigenvalue weighted by molar-refractivity contribution is 7.09. The molecule has 1 atom stereocenters. The molecule has 3 aromatic rings. The zero-order valence-corrected chi connectivity index (χ0v) is 13.4. The van der Waals surface area contributed by atoms with Crippen molar-refractivity contribution in [3.63, 3.8) is 0 Å². The molecule has 5 nitrogen and oxygen atoms in total. The van der Waals surface area contributed by atoms with E-state index < -0.39 is 0 Å². The van der Waals surface area contributed by atoms with Crippen LogP contribution in [0.3, 0.4) is 0 Å². The van der Waals surface area contributed by atoms with Gasteiger partial charge in [-0.15, -0.1) is 11.3 Å². The average molecular weight is 313 g/mol. The Morgan fingerprint density at radius 2 is 2.36 bits per heavy atom. The van der Waals surface area contributed by atoms with Crippen molar-refractivity contribution in [3.8, 4) is 0 Å². The number of aryl methyl sites for hydroxylation is 1. The number of hydrogen-bond acceptors (Lipinski definition) is 5. The van der Waals surface area contributed by atoms with E-state index in [1.165, 1.54) is 35.7 Å². The van der Waals surface area contributed by atoms with Gasteiger partial charge in [0, 0.05) is 35.0 Å². The molecular weight excluding hydrogens is 294 g/mol. The van der Waals surface area contributed by atoms with Crippen LogP contribution < -0.4 is 0 Å². The second-order valence-corrected chi connectivity index (χ2v) is 6.92. The number of piperidine rings is 1. The van der Waals surface area contributed by atoms with Crippen LogP contribution in [0.4, 0.5) is 0 Å². The molecule has 0 radical (unpaired) electrons. The molecule has 0 saturated carbocycles. The monoisotopic (exact) mass is 313 g/mol. The van der Waals surface area contributed by atoms with Crippen molar-refractivity contribution < 1.29 is 0 Å². The quantitative estimate of drug-likeness (QED) is 0.807. The number of nitrogens with zero attached hydrogens (tertiary/aromatic N) is 4. The number of hydrogen-bond donors (Lipinski definition) is 1. The van der Waals surface area contributed by atoms with Gasteiger partial charge in [-0.3, -0.25) is 10.00 Å². The van der Waals surface area contributed by atoms with E-state index in [-0.39, 0.29) is 0 Å². The van der Waals surface area contributed by atoms with E-state index in [9.17, 15) is 0 Å². The van der Waals surface area contributed by atoms with E-state index in [2.05, 4.69) is 39.1 Å². The molecule has 1 saturated heterocycles. The molecule has 4 heterocycles. The summed E-state index contributed by atoms with van der Waals surface area (Å²) >= 11 is 1.76. The Hall–Kier alpha value is -1.79. The number of aromatic nitrogens is 4. The van der Waals surface area contributed by atoms with Crippen LogP contribution in [-0.4, -0.2) is 38.2 Å². The molecule has 6 heteroatoms. The summed E-state index contributed by atoms with van der Waals surface area (Å²) < 4.78 is 0. The molecule has 1 aliphatic heterocycles. The van der Waals surface area contributed by atoms with Crippen molar-refractivity contribution >= 4 is 22.4 Å². The molecule has 4 rings (SSSR count). The Morgan fingerprint density at radius 1 is 1.41 bits per heavy atom. The number of thiazole rings is 1. The third kappa shape index (κ3) is 2.64. The molecule has 3 aromatic heterocycles. The first-order chi connectivity index (χ1) is 10.8. The van der Waals surface area contributed by atoms with Crippen LogP contribution in [0.5, 0.6) is 0 Å². The van der Waals surface area contributed by atoms with E-state index in [0.29, 0.717) is 5.92 Å². The van der Waals surface area contributed by atoms with Crippen molar-refractivity contribution in [2.24, 2.45) is 0 Å². The zero-order valence-electron chi connectivity index (χ0n) is 12.6. The number of nitrogens with one attached hydrogen (secondary N) is 1. The summed E-state index contributed by atoms with van der Waals surface area (Å²) in [6, 6.07) is 4.28. The predicted octanol–water partition coefficient (Wildman–Crippen LogP) is 3.10. The van der Waals surface area contributed by atoms with Gasteiger partial charge in [0.05, 0.1) is 17.4 Å². The third-order valence-electron chi connectivity index (χ3n) is 4.46. The van der Waals surface area contributed by atoms with Crippen LogP contribution in [0.1, 0.15) is 35.0 Å². The third-order valence-corrected chi connectivity index (χ3v) is 5.38. The van der Waals surface area contributed by atoms with Crippen LogP contribution in [0, 0.1) is 6.92 Å². The molecule has 0 spiro atoms. The lowest BCUT2D eigenvalue weighted by Gasteiger charge is -2.32. The number of aromatic amines is 1. The molecular formula is C16H19N5S. The van der Waals surface area contributed by atoms with E-state index in [4.69, 9.17) is 4.98 Å². The zero-order chi connectivity index (χ0) is 14.9. The van der Waals surface area contributed by atoms with E-state index in [1.807, 2.05) is 11.7 Å². The van der Waals surface area contributed by atoms with Gasteiger partial charge < -0.3 is 0 Å². The van der Waals surface area contributed by atoms with Gasteiger partial charge in [0.2, 0.25) is 0 Å². The van der Waals surface area contributed by atoms with Crippen molar-refractivity contribution in [1.82, 2.24) is 25.1 Å².